The van der Waals surface area contributed by atoms with Gasteiger partial charge < -0.3 is 20.6 Å². The van der Waals surface area contributed by atoms with Gasteiger partial charge in [-0.15, -0.1) is 0 Å². The Kier molecular flexibility index (Phi) is 5.02. The van der Waals surface area contributed by atoms with E-state index in [-0.39, 0.29) is 17.6 Å². The molecule has 0 spiro atoms. The molecular weight excluding hydrogens is 380 g/mol. The van der Waals surface area contributed by atoms with E-state index < -0.39 is 5.97 Å². The van der Waals surface area contributed by atoms with Crippen molar-refractivity contribution in [1.29, 1.82) is 0 Å². The van der Waals surface area contributed by atoms with Crippen molar-refractivity contribution in [3.63, 3.8) is 0 Å². The van der Waals surface area contributed by atoms with Gasteiger partial charge in [-0.2, -0.15) is 0 Å². The molecule has 1 heterocycles. The zero-order chi connectivity index (χ0) is 21.5. The van der Waals surface area contributed by atoms with Crippen LogP contribution < -0.4 is 10.5 Å². The highest BCUT2D eigenvalue weighted by atomic mass is 16.5. The van der Waals surface area contributed by atoms with Gasteiger partial charge >= 0.3 is 5.97 Å². The molecule has 30 heavy (non-hydrogen) atoms. The highest BCUT2D eigenvalue weighted by Gasteiger charge is 2.39. The molecule has 1 aliphatic rings. The summed E-state index contributed by atoms with van der Waals surface area (Å²) >= 11 is 0. The Bertz CT molecular complexity index is 1140. The van der Waals surface area contributed by atoms with Crippen molar-refractivity contribution >= 4 is 28.3 Å². The van der Waals surface area contributed by atoms with E-state index in [4.69, 9.17) is 15.6 Å². The van der Waals surface area contributed by atoms with Crippen molar-refractivity contribution < 1.29 is 19.4 Å². The van der Waals surface area contributed by atoms with Crippen LogP contribution in [0.1, 0.15) is 66.7 Å². The molecule has 6 heteroatoms. The fraction of sp³-hybridized carbons (Fsp3) is 0.333. The van der Waals surface area contributed by atoms with Crippen LogP contribution in [0.2, 0.25) is 0 Å². The summed E-state index contributed by atoms with van der Waals surface area (Å²) < 4.78 is 5.84. The van der Waals surface area contributed by atoms with Crippen LogP contribution in [0.15, 0.2) is 36.4 Å². The summed E-state index contributed by atoms with van der Waals surface area (Å²) in [7, 11) is 0. The molecule has 0 amide bonds. The number of carboxylic acids is 1. The third-order valence-electron chi connectivity index (χ3n) is 5.89. The summed E-state index contributed by atoms with van der Waals surface area (Å²) in [6.07, 6.45) is 2.40. The topological polar surface area (TPSA) is 105 Å². The van der Waals surface area contributed by atoms with Crippen LogP contribution in [0.3, 0.4) is 0 Å². The van der Waals surface area contributed by atoms with Crippen LogP contribution >= 0.6 is 0 Å². The molecule has 6 nitrogen and oxygen atoms in total. The maximum Gasteiger partial charge on any atom is 0.303 e. The first-order chi connectivity index (χ1) is 14.3. The van der Waals surface area contributed by atoms with Gasteiger partial charge in [-0.25, -0.2) is 0 Å². The van der Waals surface area contributed by atoms with E-state index in [2.05, 4.69) is 18.8 Å². The number of aromatic amines is 1. The Morgan fingerprint density at radius 2 is 1.93 bits per heavy atom. The Morgan fingerprint density at radius 3 is 2.70 bits per heavy atom. The second kappa shape index (κ2) is 7.52. The van der Waals surface area contributed by atoms with Gasteiger partial charge in [0.15, 0.2) is 5.78 Å². The third kappa shape index (κ3) is 3.43. The van der Waals surface area contributed by atoms with E-state index in [0.29, 0.717) is 35.6 Å². The van der Waals surface area contributed by atoms with Crippen molar-refractivity contribution in [3.05, 3.63) is 58.8 Å². The number of unbranched alkanes of at least 4 members (excludes halogenated alkanes) is 2. The minimum Gasteiger partial charge on any atom is -0.494 e. The average molecular weight is 406 g/mol. The molecule has 0 atom stereocenters. The molecule has 2 aromatic carbocycles. The number of anilines is 1. The Balaban J connectivity index is 1.59. The summed E-state index contributed by atoms with van der Waals surface area (Å²) in [5.41, 5.74) is 10.3. The minimum atomic E-state index is -0.772. The Labute approximate surface area is 175 Å². The number of benzene rings is 2. The molecule has 0 radical (unpaired) electrons. The lowest BCUT2D eigenvalue weighted by Gasteiger charge is -2.32. The lowest BCUT2D eigenvalue weighted by Crippen LogP contribution is -2.30. The standard InChI is InChI=1S/C24H26N2O4/c1-24(2)18-10-8-15(30-11-5-3-4-6-20(27)28)13-17(18)22(29)21-16-9-7-14(25)12-19(16)26-23(21)24/h7-10,12-13,26H,3-6,11,25H2,1-2H3,(H,27,28). The van der Waals surface area contributed by atoms with Gasteiger partial charge in [-0.3, -0.25) is 9.59 Å². The number of carbonyl (C=O) groups excluding carboxylic acids is 1. The molecule has 0 unspecified atom stereocenters. The smallest absolute Gasteiger partial charge is 0.303 e. The molecule has 4 N–H and O–H groups in total. The largest absolute Gasteiger partial charge is 0.494 e. The van der Waals surface area contributed by atoms with Crippen molar-refractivity contribution in [2.45, 2.75) is 44.9 Å². The Hall–Kier alpha value is -3.28. The Morgan fingerprint density at radius 1 is 1.13 bits per heavy atom. The zero-order valence-electron chi connectivity index (χ0n) is 17.2. The van der Waals surface area contributed by atoms with Crippen molar-refractivity contribution in [2.24, 2.45) is 0 Å². The van der Waals surface area contributed by atoms with Gasteiger partial charge in [-0.05, 0) is 49.1 Å². The number of hydrogen-bond acceptors (Lipinski definition) is 4. The lowest BCUT2D eigenvalue weighted by molar-refractivity contribution is -0.137. The van der Waals surface area contributed by atoms with Gasteiger partial charge in [0.1, 0.15) is 5.75 Å². The quantitative estimate of drug-likeness (QED) is 0.391. The summed E-state index contributed by atoms with van der Waals surface area (Å²) in [6, 6.07) is 11.3. The summed E-state index contributed by atoms with van der Waals surface area (Å²) in [4.78, 5) is 27.4. The number of carboxylic acid groups (broad SMARTS) is 1. The minimum absolute atomic E-state index is 0.0118. The van der Waals surface area contributed by atoms with Crippen LogP contribution in [-0.4, -0.2) is 28.4 Å². The summed E-state index contributed by atoms with van der Waals surface area (Å²) in [5.74, 6) is -0.128. The number of rotatable bonds is 7. The van der Waals surface area contributed by atoms with Crippen LogP contribution in [0.25, 0.3) is 10.9 Å². The number of nitrogens with two attached hydrogens (primary N) is 1. The van der Waals surface area contributed by atoms with Gasteiger partial charge in [0.25, 0.3) is 0 Å². The number of aromatic nitrogens is 1. The fourth-order valence-corrected chi connectivity index (χ4v) is 4.28. The van der Waals surface area contributed by atoms with Crippen LogP contribution in [0.5, 0.6) is 5.75 Å². The van der Waals surface area contributed by atoms with E-state index in [1.165, 1.54) is 0 Å². The van der Waals surface area contributed by atoms with E-state index in [1.54, 1.807) is 0 Å². The first-order valence-electron chi connectivity index (χ1n) is 10.2. The van der Waals surface area contributed by atoms with E-state index in [9.17, 15) is 9.59 Å². The predicted molar refractivity (Wildman–Crippen MR) is 116 cm³/mol. The van der Waals surface area contributed by atoms with Gasteiger partial charge in [-0.1, -0.05) is 26.0 Å². The maximum atomic E-state index is 13.4. The maximum absolute atomic E-state index is 13.4. The average Bonchev–Trinajstić information content (AvgIpc) is 3.08. The second-order valence-corrected chi connectivity index (χ2v) is 8.39. The number of fused-ring (bicyclic) bond motifs is 4. The molecule has 1 aromatic heterocycles. The predicted octanol–water partition coefficient (Wildman–Crippen LogP) is 4.64. The normalized spacial score (nSPS) is 14.4. The number of nitrogen functional groups attached to an aromatic ring is 1. The number of nitrogens with one attached hydrogen (secondary N) is 1. The molecule has 0 saturated heterocycles. The monoisotopic (exact) mass is 406 g/mol. The number of carbonyl (C=O) groups is 2. The highest BCUT2D eigenvalue weighted by Crippen LogP contribution is 2.44. The molecule has 0 bridgehead atoms. The fourth-order valence-electron chi connectivity index (χ4n) is 4.28. The van der Waals surface area contributed by atoms with Crippen LogP contribution in [0.4, 0.5) is 5.69 Å². The van der Waals surface area contributed by atoms with E-state index in [1.807, 2.05) is 36.4 Å². The molecule has 3 aromatic rings. The molecule has 156 valence electrons. The number of H-pyrrole nitrogens is 1. The highest BCUT2D eigenvalue weighted by molar-refractivity contribution is 6.20. The molecule has 0 saturated carbocycles. The third-order valence-corrected chi connectivity index (χ3v) is 5.89. The van der Waals surface area contributed by atoms with E-state index >= 15 is 0 Å². The number of ketones is 1. The molecular formula is C24H26N2O4. The lowest BCUT2D eigenvalue weighted by atomic mass is 9.71. The first kappa shape index (κ1) is 20.0. The number of hydrogen-bond donors (Lipinski definition) is 3. The van der Waals surface area contributed by atoms with Gasteiger partial charge in [0.2, 0.25) is 0 Å². The van der Waals surface area contributed by atoms with Gasteiger partial charge in [0, 0.05) is 39.7 Å². The van der Waals surface area contributed by atoms with Crippen molar-refractivity contribution in [2.75, 3.05) is 12.3 Å². The van der Waals surface area contributed by atoms with Crippen molar-refractivity contribution in [3.8, 4) is 5.75 Å². The van der Waals surface area contributed by atoms with Crippen molar-refractivity contribution in [1.82, 2.24) is 4.98 Å². The molecule has 0 aliphatic heterocycles. The summed E-state index contributed by atoms with van der Waals surface area (Å²) in [6.45, 7) is 4.71. The number of ether oxygens (including phenoxy) is 1. The molecule has 1 aliphatic carbocycles. The first-order valence-corrected chi connectivity index (χ1v) is 10.2. The van der Waals surface area contributed by atoms with Crippen LogP contribution in [-0.2, 0) is 10.2 Å². The SMILES string of the molecule is CC1(C)c2ccc(OCCCCCC(=O)O)cc2C(=O)c2c1[nH]c1cc(N)ccc21. The molecule has 4 rings (SSSR count). The van der Waals surface area contributed by atoms with Crippen LogP contribution in [0, 0.1) is 0 Å². The zero-order valence-corrected chi connectivity index (χ0v) is 17.2. The van der Waals surface area contributed by atoms with Gasteiger partial charge in [0.05, 0.1) is 12.2 Å². The summed E-state index contributed by atoms with van der Waals surface area (Å²) in [5, 5.41) is 9.57. The number of aliphatic carboxylic acids is 1. The van der Waals surface area contributed by atoms with E-state index in [0.717, 1.165) is 35.0 Å². The molecule has 0 fully saturated rings. The second-order valence-electron chi connectivity index (χ2n) is 8.39.